The van der Waals surface area contributed by atoms with Crippen LogP contribution in [0.1, 0.15) is 76.2 Å². The van der Waals surface area contributed by atoms with Crippen LogP contribution in [0.4, 0.5) is 0 Å². The second kappa shape index (κ2) is 11.3. The summed E-state index contributed by atoms with van der Waals surface area (Å²) in [5, 5.41) is 0. The molecule has 0 saturated carbocycles. The van der Waals surface area contributed by atoms with Crippen LogP contribution in [-0.4, -0.2) is 78.6 Å². The Hall–Kier alpha value is 0.0569. The summed E-state index contributed by atoms with van der Waals surface area (Å²) in [4.78, 5) is 9.23. The lowest BCUT2D eigenvalue weighted by molar-refractivity contribution is 0.141. The topological polar surface area (TPSA) is 21.8 Å². The van der Waals surface area contributed by atoms with Crippen LogP contribution in [0.3, 0.4) is 0 Å². The first-order valence-corrected chi connectivity index (χ1v) is 14.1. The van der Waals surface area contributed by atoms with Crippen molar-refractivity contribution in [1.82, 2.24) is 19.3 Å². The Bertz CT molecular complexity index is 360. The second-order valence-electron chi connectivity index (χ2n) is 10.8. The van der Waals surface area contributed by atoms with Gasteiger partial charge in [-0.15, -0.1) is 0 Å². The van der Waals surface area contributed by atoms with Gasteiger partial charge >= 0.3 is 0 Å². The van der Waals surface area contributed by atoms with Crippen molar-refractivity contribution in [2.75, 3.05) is 26.2 Å². The average molecular weight is 401 g/mol. The second-order valence-corrected chi connectivity index (χ2v) is 14.8. The molecule has 0 heterocycles. The first-order chi connectivity index (χ1) is 12.1. The molecule has 0 aliphatic carbocycles. The zero-order valence-corrected chi connectivity index (χ0v) is 22.0. The molecule has 0 bridgehead atoms. The molecule has 0 saturated heterocycles. The molecule has 0 aliphatic rings. The highest BCUT2D eigenvalue weighted by Gasteiger charge is 2.34. The molecule has 0 atom stereocenters. The average Bonchev–Trinajstić information content (AvgIpc) is 2.41. The highest BCUT2D eigenvalue weighted by molar-refractivity contribution is 6.72. The van der Waals surface area contributed by atoms with Gasteiger partial charge in [-0.1, -0.05) is 0 Å². The van der Waals surface area contributed by atoms with Crippen LogP contribution in [-0.2, 0) is 0 Å². The van der Waals surface area contributed by atoms with E-state index in [2.05, 4.69) is 109 Å². The Labute approximate surface area is 173 Å². The third-order valence-corrected chi connectivity index (χ3v) is 8.77. The van der Waals surface area contributed by atoms with Gasteiger partial charge < -0.3 is 9.55 Å². The van der Waals surface area contributed by atoms with Crippen molar-refractivity contribution < 1.29 is 0 Å². The largest absolute Gasteiger partial charge is 0.321 e. The summed E-state index contributed by atoms with van der Waals surface area (Å²) in [6.45, 7) is 34.9. The van der Waals surface area contributed by atoms with Crippen molar-refractivity contribution in [3.63, 3.8) is 0 Å². The van der Waals surface area contributed by atoms with E-state index in [0.29, 0.717) is 24.2 Å². The molecular weight excluding hydrogens is 348 g/mol. The number of hydrogen-bond acceptors (Lipinski definition) is 4. The normalized spacial score (nSPS) is 14.2. The Balaban J connectivity index is 5.31. The molecule has 5 heteroatoms. The van der Waals surface area contributed by atoms with Crippen LogP contribution in [0.25, 0.3) is 0 Å². The first-order valence-electron chi connectivity index (χ1n) is 11.1. The maximum Gasteiger partial charge on any atom is 0.198 e. The Morgan fingerprint density at radius 3 is 1.15 bits per heavy atom. The molecule has 0 radical (unpaired) electrons. The standard InChI is InChI=1S/C22H52N4Si/c1-18(2)25(19(3)4)16-14-24(27(12,13)23-22(9,10)11)15-17-26(20(5)6)21(7)8/h18-21,23H,14-17H2,1-13H3. The van der Waals surface area contributed by atoms with Crippen LogP contribution in [0.15, 0.2) is 0 Å². The van der Waals surface area contributed by atoms with Gasteiger partial charge in [0, 0.05) is 55.9 Å². The van der Waals surface area contributed by atoms with E-state index in [1.807, 2.05) is 0 Å². The SMILES string of the molecule is CC(C)N(CCN(CCN(C(C)C)C(C)C)[Si](C)(C)NC(C)(C)C)C(C)C. The molecule has 0 fully saturated rings. The molecule has 1 N–H and O–H groups in total. The van der Waals surface area contributed by atoms with Crippen LogP contribution in [0.2, 0.25) is 13.1 Å². The molecule has 27 heavy (non-hydrogen) atoms. The zero-order valence-electron chi connectivity index (χ0n) is 21.0. The quantitative estimate of drug-likeness (QED) is 0.483. The van der Waals surface area contributed by atoms with Gasteiger partial charge in [0.25, 0.3) is 0 Å². The predicted molar refractivity (Wildman–Crippen MR) is 126 cm³/mol. The van der Waals surface area contributed by atoms with Gasteiger partial charge in [-0.05, 0) is 89.3 Å². The fraction of sp³-hybridized carbons (Fsp3) is 1.00. The third-order valence-electron chi connectivity index (χ3n) is 5.38. The molecule has 0 unspecified atom stereocenters. The minimum Gasteiger partial charge on any atom is -0.321 e. The van der Waals surface area contributed by atoms with Crippen LogP contribution < -0.4 is 4.98 Å². The Morgan fingerprint density at radius 1 is 0.630 bits per heavy atom. The van der Waals surface area contributed by atoms with E-state index >= 15 is 0 Å². The van der Waals surface area contributed by atoms with Gasteiger partial charge in [-0.2, -0.15) is 0 Å². The molecule has 0 amide bonds. The number of nitrogens with one attached hydrogen (secondary N) is 1. The van der Waals surface area contributed by atoms with Gasteiger partial charge in [0.1, 0.15) is 0 Å². The first kappa shape index (κ1) is 27.1. The zero-order chi connectivity index (χ0) is 21.6. The van der Waals surface area contributed by atoms with E-state index in [4.69, 9.17) is 0 Å². The molecule has 0 rings (SSSR count). The van der Waals surface area contributed by atoms with Crippen molar-refractivity contribution in [2.45, 2.75) is 119 Å². The summed E-state index contributed by atoms with van der Waals surface area (Å²) >= 11 is 0. The van der Waals surface area contributed by atoms with Gasteiger partial charge in [0.05, 0.1) is 0 Å². The van der Waals surface area contributed by atoms with Crippen LogP contribution in [0, 0.1) is 0 Å². The van der Waals surface area contributed by atoms with Crippen LogP contribution in [0.5, 0.6) is 0 Å². The molecule has 0 aromatic carbocycles. The van der Waals surface area contributed by atoms with Crippen molar-refractivity contribution in [3.8, 4) is 0 Å². The summed E-state index contributed by atoms with van der Waals surface area (Å²) < 4.78 is 2.79. The molecule has 0 aromatic rings. The highest BCUT2D eigenvalue weighted by atomic mass is 28.3. The summed E-state index contributed by atoms with van der Waals surface area (Å²) in [6.07, 6.45) is 0. The van der Waals surface area contributed by atoms with Gasteiger partial charge in [-0.3, -0.25) is 9.80 Å². The monoisotopic (exact) mass is 400 g/mol. The van der Waals surface area contributed by atoms with Crippen LogP contribution >= 0.6 is 0 Å². The minimum absolute atomic E-state index is 0.152. The summed E-state index contributed by atoms with van der Waals surface area (Å²) in [7, 11) is -1.71. The van der Waals surface area contributed by atoms with Crippen molar-refractivity contribution in [1.29, 1.82) is 0 Å². The van der Waals surface area contributed by atoms with E-state index in [0.717, 1.165) is 26.2 Å². The fourth-order valence-corrected chi connectivity index (χ4v) is 7.68. The van der Waals surface area contributed by atoms with E-state index in [1.165, 1.54) is 0 Å². The lowest BCUT2D eigenvalue weighted by Gasteiger charge is -2.44. The molecule has 4 nitrogen and oxygen atoms in total. The fourth-order valence-electron chi connectivity index (χ4n) is 4.37. The van der Waals surface area contributed by atoms with Gasteiger partial charge in [0.2, 0.25) is 0 Å². The summed E-state index contributed by atoms with van der Waals surface area (Å²) in [6, 6.07) is 2.37. The lowest BCUT2D eigenvalue weighted by atomic mass is 10.1. The summed E-state index contributed by atoms with van der Waals surface area (Å²) in [5.41, 5.74) is 0.152. The Morgan fingerprint density at radius 2 is 0.926 bits per heavy atom. The highest BCUT2D eigenvalue weighted by Crippen LogP contribution is 2.15. The maximum absolute atomic E-state index is 3.99. The molecule has 0 aliphatic heterocycles. The summed E-state index contributed by atoms with van der Waals surface area (Å²) in [5.74, 6) is 0. The van der Waals surface area contributed by atoms with Gasteiger partial charge in [0.15, 0.2) is 8.40 Å². The van der Waals surface area contributed by atoms with E-state index in [9.17, 15) is 0 Å². The maximum atomic E-state index is 3.99. The Kier molecular flexibility index (Phi) is 11.3. The van der Waals surface area contributed by atoms with E-state index < -0.39 is 8.40 Å². The smallest absolute Gasteiger partial charge is 0.198 e. The number of hydrogen-bond donors (Lipinski definition) is 1. The van der Waals surface area contributed by atoms with E-state index in [1.54, 1.807) is 0 Å². The lowest BCUT2D eigenvalue weighted by Crippen LogP contribution is -2.67. The third kappa shape index (κ3) is 10.4. The van der Waals surface area contributed by atoms with Gasteiger partial charge in [-0.25, -0.2) is 0 Å². The van der Waals surface area contributed by atoms with Crippen molar-refractivity contribution in [2.24, 2.45) is 0 Å². The molecule has 0 spiro atoms. The molecule has 164 valence electrons. The minimum atomic E-state index is -1.71. The molecule has 0 aromatic heterocycles. The molecular formula is C22H52N4Si. The predicted octanol–water partition coefficient (Wildman–Crippen LogP) is 4.62. The van der Waals surface area contributed by atoms with Crippen molar-refractivity contribution in [3.05, 3.63) is 0 Å². The van der Waals surface area contributed by atoms with E-state index in [-0.39, 0.29) is 5.54 Å². The number of rotatable bonds is 12. The number of nitrogens with zero attached hydrogens (tertiary/aromatic N) is 3. The van der Waals surface area contributed by atoms with Crippen molar-refractivity contribution >= 4 is 8.40 Å².